The van der Waals surface area contributed by atoms with Crippen LogP contribution in [0.5, 0.6) is 0 Å². The molecule has 1 unspecified atom stereocenters. The highest BCUT2D eigenvalue weighted by molar-refractivity contribution is 5.69. The average molecular weight is 264 g/mol. The molecule has 0 aromatic heterocycles. The zero-order valence-electron chi connectivity index (χ0n) is 12.8. The van der Waals surface area contributed by atoms with Crippen molar-refractivity contribution in [3.8, 4) is 0 Å². The Bertz CT molecular complexity index is 156. The smallest absolute Gasteiger partial charge is 0.306 e. The molecule has 3 N–H and O–H groups in total. The summed E-state index contributed by atoms with van der Waals surface area (Å²) in [7, 11) is 0. The summed E-state index contributed by atoms with van der Waals surface area (Å²) in [6.45, 7) is 10.9. The lowest BCUT2D eigenvalue weighted by molar-refractivity contribution is -0.142. The lowest BCUT2D eigenvalue weighted by Gasteiger charge is -2.06. The van der Waals surface area contributed by atoms with Crippen molar-refractivity contribution in [1.82, 2.24) is 0 Å². The first-order valence-electron chi connectivity index (χ1n) is 6.77. The number of aliphatic hydroxyl groups excluding tert-OH is 2. The summed E-state index contributed by atoms with van der Waals surface area (Å²) in [6, 6.07) is 0. The van der Waals surface area contributed by atoms with Crippen LogP contribution in [0.2, 0.25) is 0 Å². The van der Waals surface area contributed by atoms with Crippen LogP contribution in [-0.4, -0.2) is 33.5 Å². The van der Waals surface area contributed by atoms with Crippen molar-refractivity contribution in [1.29, 1.82) is 0 Å². The van der Waals surface area contributed by atoms with Crippen LogP contribution in [0.1, 0.15) is 67.2 Å². The number of aliphatic carboxylic acids is 1. The molecule has 0 aromatic carbocycles. The summed E-state index contributed by atoms with van der Waals surface area (Å²) in [6.07, 6.45) is 3.38. The van der Waals surface area contributed by atoms with Crippen LogP contribution in [0.25, 0.3) is 0 Å². The molecule has 4 nitrogen and oxygen atoms in total. The van der Waals surface area contributed by atoms with Gasteiger partial charge in [0, 0.05) is 12.2 Å². The summed E-state index contributed by atoms with van der Waals surface area (Å²) in [4.78, 5) is 10.4. The van der Waals surface area contributed by atoms with Crippen molar-refractivity contribution < 1.29 is 20.1 Å². The van der Waals surface area contributed by atoms with Gasteiger partial charge in [0.15, 0.2) is 0 Å². The number of aliphatic hydroxyl groups is 2. The second kappa shape index (κ2) is 16.4. The van der Waals surface area contributed by atoms with Crippen molar-refractivity contribution >= 4 is 5.97 Å². The lowest BCUT2D eigenvalue weighted by Crippen LogP contribution is -2.11. The molecule has 0 fully saturated rings. The fraction of sp³-hybridized carbons (Fsp3) is 0.929. The van der Waals surface area contributed by atoms with Gasteiger partial charge in [-0.15, -0.1) is 0 Å². The van der Waals surface area contributed by atoms with Gasteiger partial charge in [-0.2, -0.15) is 0 Å². The molecule has 0 heterocycles. The Hall–Kier alpha value is -0.610. The van der Waals surface area contributed by atoms with E-state index in [0.717, 1.165) is 25.7 Å². The first kappa shape index (κ1) is 22.6. The Morgan fingerprint density at radius 1 is 1.00 bits per heavy atom. The summed E-state index contributed by atoms with van der Waals surface area (Å²) < 4.78 is 0. The van der Waals surface area contributed by atoms with Crippen LogP contribution in [0.15, 0.2) is 0 Å². The van der Waals surface area contributed by atoms with Crippen LogP contribution in [0.4, 0.5) is 0 Å². The minimum absolute atomic E-state index is 0.111. The van der Waals surface area contributed by atoms with E-state index >= 15 is 0 Å². The molecule has 0 spiro atoms. The van der Waals surface area contributed by atoms with E-state index in [-0.39, 0.29) is 18.1 Å². The first-order chi connectivity index (χ1) is 8.18. The van der Waals surface area contributed by atoms with Crippen LogP contribution >= 0.6 is 0 Å². The first-order valence-corrected chi connectivity index (χ1v) is 6.77. The van der Waals surface area contributed by atoms with Crippen molar-refractivity contribution in [2.24, 2.45) is 5.92 Å². The molecule has 0 aliphatic rings. The Labute approximate surface area is 112 Å². The standard InChI is InChI=1S/C8H16O2.2C3H8O/c1-3-5-6-7(4-2)8(9)10;2*1-3(2)4/h7H,3-6H2,1-2H3,(H,9,10);2*3-4H,1-2H3. The van der Waals surface area contributed by atoms with Gasteiger partial charge in [0.25, 0.3) is 0 Å². The third kappa shape index (κ3) is 36.1. The van der Waals surface area contributed by atoms with Crippen LogP contribution < -0.4 is 0 Å². The second-order valence-electron chi connectivity index (χ2n) is 4.77. The van der Waals surface area contributed by atoms with Crippen molar-refractivity contribution in [3.63, 3.8) is 0 Å². The molecule has 0 aliphatic heterocycles. The minimum atomic E-state index is -0.643. The van der Waals surface area contributed by atoms with Gasteiger partial charge in [-0.25, -0.2) is 0 Å². The normalized spacial score (nSPS) is 11.2. The molecule has 0 saturated heterocycles. The topological polar surface area (TPSA) is 77.8 Å². The largest absolute Gasteiger partial charge is 0.481 e. The molecular formula is C14H32O4. The van der Waals surface area contributed by atoms with Gasteiger partial charge in [0.05, 0.1) is 5.92 Å². The van der Waals surface area contributed by atoms with Gasteiger partial charge in [-0.05, 0) is 40.5 Å². The summed E-state index contributed by atoms with van der Waals surface area (Å²) >= 11 is 0. The Balaban J connectivity index is -0.000000233. The SMILES string of the molecule is CC(C)O.CC(C)O.CCCCC(CC)C(=O)O. The van der Waals surface area contributed by atoms with Crippen LogP contribution in [0, 0.1) is 5.92 Å². The zero-order chi connectivity index (χ0) is 15.1. The quantitative estimate of drug-likeness (QED) is 0.713. The summed E-state index contributed by atoms with van der Waals surface area (Å²) in [5.74, 6) is -0.754. The number of hydrogen-bond donors (Lipinski definition) is 3. The highest BCUT2D eigenvalue weighted by atomic mass is 16.4. The summed E-state index contributed by atoms with van der Waals surface area (Å²) in [5, 5.41) is 24.7. The maximum Gasteiger partial charge on any atom is 0.306 e. The molecule has 112 valence electrons. The molecule has 0 bridgehead atoms. The highest BCUT2D eigenvalue weighted by Crippen LogP contribution is 2.11. The molecule has 0 amide bonds. The number of hydrogen-bond acceptors (Lipinski definition) is 3. The number of carboxylic acid groups (broad SMARTS) is 1. The lowest BCUT2D eigenvalue weighted by atomic mass is 10.00. The van der Waals surface area contributed by atoms with Gasteiger partial charge in [0.1, 0.15) is 0 Å². The number of carbonyl (C=O) groups is 1. The van der Waals surface area contributed by atoms with Gasteiger partial charge in [-0.1, -0.05) is 26.7 Å². The van der Waals surface area contributed by atoms with E-state index < -0.39 is 5.97 Å². The third-order valence-corrected chi connectivity index (χ3v) is 1.75. The second-order valence-corrected chi connectivity index (χ2v) is 4.77. The third-order valence-electron chi connectivity index (χ3n) is 1.75. The number of unbranched alkanes of at least 4 members (excludes halogenated alkanes) is 1. The van der Waals surface area contributed by atoms with E-state index in [0.29, 0.717) is 0 Å². The molecule has 0 radical (unpaired) electrons. The van der Waals surface area contributed by atoms with Crippen molar-refractivity contribution in [2.45, 2.75) is 79.4 Å². The maximum atomic E-state index is 10.4. The van der Waals surface area contributed by atoms with E-state index in [1.54, 1.807) is 27.7 Å². The fourth-order valence-corrected chi connectivity index (χ4v) is 0.953. The number of carboxylic acids is 1. The van der Waals surface area contributed by atoms with Gasteiger partial charge in [-0.3, -0.25) is 4.79 Å². The Morgan fingerprint density at radius 3 is 1.50 bits per heavy atom. The van der Waals surface area contributed by atoms with Crippen molar-refractivity contribution in [2.75, 3.05) is 0 Å². The molecular weight excluding hydrogens is 232 g/mol. The van der Waals surface area contributed by atoms with Crippen LogP contribution in [0.3, 0.4) is 0 Å². The van der Waals surface area contributed by atoms with E-state index in [2.05, 4.69) is 6.92 Å². The molecule has 18 heavy (non-hydrogen) atoms. The molecule has 1 atom stereocenters. The fourth-order valence-electron chi connectivity index (χ4n) is 0.953. The van der Waals surface area contributed by atoms with E-state index in [4.69, 9.17) is 15.3 Å². The Kier molecular flexibility index (Phi) is 20.5. The monoisotopic (exact) mass is 264 g/mol. The molecule has 0 rings (SSSR count). The molecule has 4 heteroatoms. The molecule has 0 aromatic rings. The predicted octanol–water partition coefficient (Wildman–Crippen LogP) is 3.06. The van der Waals surface area contributed by atoms with E-state index in [9.17, 15) is 4.79 Å². The van der Waals surface area contributed by atoms with E-state index in [1.807, 2.05) is 6.92 Å². The molecule has 0 saturated carbocycles. The van der Waals surface area contributed by atoms with Crippen LogP contribution in [-0.2, 0) is 4.79 Å². The Morgan fingerprint density at radius 2 is 1.33 bits per heavy atom. The zero-order valence-corrected chi connectivity index (χ0v) is 12.8. The van der Waals surface area contributed by atoms with Gasteiger partial charge in [0.2, 0.25) is 0 Å². The minimum Gasteiger partial charge on any atom is -0.481 e. The highest BCUT2D eigenvalue weighted by Gasteiger charge is 2.12. The van der Waals surface area contributed by atoms with Gasteiger partial charge < -0.3 is 15.3 Å². The number of rotatable bonds is 5. The van der Waals surface area contributed by atoms with Crippen molar-refractivity contribution in [3.05, 3.63) is 0 Å². The van der Waals surface area contributed by atoms with E-state index in [1.165, 1.54) is 0 Å². The summed E-state index contributed by atoms with van der Waals surface area (Å²) in [5.41, 5.74) is 0. The predicted molar refractivity (Wildman–Crippen MR) is 75.7 cm³/mol. The average Bonchev–Trinajstić information content (AvgIpc) is 2.16. The van der Waals surface area contributed by atoms with Gasteiger partial charge >= 0.3 is 5.97 Å². The molecule has 0 aliphatic carbocycles. The maximum absolute atomic E-state index is 10.4.